The first kappa shape index (κ1) is 18.2. The molecule has 0 radical (unpaired) electrons. The van der Waals surface area contributed by atoms with E-state index >= 15 is 0 Å². The summed E-state index contributed by atoms with van der Waals surface area (Å²) in [5.74, 6) is 0.818. The zero-order valence-electron chi connectivity index (χ0n) is 15.6. The second-order valence-electron chi connectivity index (χ2n) is 7.03. The topological polar surface area (TPSA) is 93.9 Å². The smallest absolute Gasteiger partial charge is 0.248 e. The van der Waals surface area contributed by atoms with Crippen LogP contribution >= 0.6 is 0 Å². The third-order valence-corrected chi connectivity index (χ3v) is 5.08. The maximum Gasteiger partial charge on any atom is 0.248 e. The van der Waals surface area contributed by atoms with E-state index in [1.54, 1.807) is 12.1 Å². The lowest BCUT2D eigenvalue weighted by atomic mass is 10.1. The number of fused-ring (bicyclic) bond motifs is 1. The molecule has 2 heterocycles. The van der Waals surface area contributed by atoms with E-state index in [9.17, 15) is 9.59 Å². The summed E-state index contributed by atoms with van der Waals surface area (Å²) in [6.45, 7) is 2.11. The fraction of sp³-hybridized carbons (Fsp3) is 0.333. The van der Waals surface area contributed by atoms with Crippen molar-refractivity contribution in [2.24, 2.45) is 5.73 Å². The number of carbonyl (C=O) groups is 2. The summed E-state index contributed by atoms with van der Waals surface area (Å²) in [5.41, 5.74) is 8.36. The summed E-state index contributed by atoms with van der Waals surface area (Å²) in [6.07, 6.45) is 3.14. The molecule has 3 N–H and O–H groups in total. The lowest BCUT2D eigenvalue weighted by Crippen LogP contribution is -2.22. The van der Waals surface area contributed by atoms with Crippen molar-refractivity contribution in [2.45, 2.75) is 25.7 Å². The summed E-state index contributed by atoms with van der Waals surface area (Å²) in [5, 5.41) is 2.96. The van der Waals surface area contributed by atoms with Gasteiger partial charge < -0.3 is 25.4 Å². The maximum atomic E-state index is 12.6. The van der Waals surface area contributed by atoms with Gasteiger partial charge in [-0.2, -0.15) is 0 Å². The van der Waals surface area contributed by atoms with Crippen molar-refractivity contribution in [2.75, 3.05) is 30.1 Å². The van der Waals surface area contributed by atoms with Crippen LogP contribution in [0.5, 0.6) is 11.5 Å². The first-order valence-electron chi connectivity index (χ1n) is 9.47. The second-order valence-corrected chi connectivity index (χ2v) is 7.03. The van der Waals surface area contributed by atoms with Gasteiger partial charge in [0.2, 0.25) is 18.6 Å². The predicted molar refractivity (Wildman–Crippen MR) is 106 cm³/mol. The Bertz CT molecular complexity index is 907. The van der Waals surface area contributed by atoms with Crippen molar-refractivity contribution >= 4 is 23.2 Å². The molecule has 0 unspecified atom stereocenters. The van der Waals surface area contributed by atoms with Crippen molar-refractivity contribution in [3.63, 3.8) is 0 Å². The van der Waals surface area contributed by atoms with Gasteiger partial charge in [-0.15, -0.1) is 0 Å². The zero-order valence-corrected chi connectivity index (χ0v) is 15.6. The Kier molecular flexibility index (Phi) is 5.06. The number of carbonyl (C=O) groups excluding carboxylic acids is 2. The van der Waals surface area contributed by atoms with Crippen molar-refractivity contribution in [3.8, 4) is 11.5 Å². The molecule has 28 heavy (non-hydrogen) atoms. The fourth-order valence-corrected chi connectivity index (χ4v) is 3.59. The highest BCUT2D eigenvalue weighted by molar-refractivity contribution is 5.99. The normalized spacial score (nSPS) is 14.9. The number of nitrogens with one attached hydrogen (secondary N) is 1. The number of aryl methyl sites for hydroxylation is 1. The van der Waals surface area contributed by atoms with Crippen LogP contribution in [0.25, 0.3) is 0 Å². The Labute approximate surface area is 163 Å². The van der Waals surface area contributed by atoms with E-state index in [4.69, 9.17) is 15.2 Å². The van der Waals surface area contributed by atoms with E-state index in [0.29, 0.717) is 29.8 Å². The van der Waals surface area contributed by atoms with E-state index in [1.165, 1.54) is 0 Å². The molecular formula is C21H23N3O4. The molecular weight excluding hydrogens is 358 g/mol. The monoisotopic (exact) mass is 381 g/mol. The van der Waals surface area contributed by atoms with E-state index in [1.807, 2.05) is 24.3 Å². The number of ether oxygens (including phenoxy) is 2. The SMILES string of the molecule is NC(=O)c1ccc(N2CCCC2)c(NC(=O)CCc2ccc3c(c2)OCO3)c1. The Balaban J connectivity index is 1.45. The molecule has 0 aromatic heterocycles. The predicted octanol–water partition coefficient (Wildman–Crippen LogP) is 2.69. The van der Waals surface area contributed by atoms with Gasteiger partial charge >= 0.3 is 0 Å². The zero-order chi connectivity index (χ0) is 19.5. The minimum absolute atomic E-state index is 0.111. The van der Waals surface area contributed by atoms with Gasteiger partial charge in [0.15, 0.2) is 11.5 Å². The standard InChI is InChI=1S/C21H23N3O4/c22-21(26)15-5-6-17(24-9-1-2-10-24)16(12-15)23-20(25)8-4-14-3-7-18-19(11-14)28-13-27-18/h3,5-7,11-12H,1-2,4,8-10,13H2,(H2,22,26)(H,23,25). The minimum Gasteiger partial charge on any atom is -0.454 e. The third-order valence-electron chi connectivity index (χ3n) is 5.08. The molecule has 2 aromatic carbocycles. The molecule has 0 bridgehead atoms. The van der Waals surface area contributed by atoms with Crippen LogP contribution in [0, 0.1) is 0 Å². The summed E-state index contributed by atoms with van der Waals surface area (Å²) in [7, 11) is 0. The molecule has 1 saturated heterocycles. The number of amides is 2. The van der Waals surface area contributed by atoms with Crippen LogP contribution in [0.15, 0.2) is 36.4 Å². The molecule has 7 nitrogen and oxygen atoms in total. The molecule has 0 atom stereocenters. The number of primary amides is 1. The quantitative estimate of drug-likeness (QED) is 0.802. The molecule has 2 amide bonds. The molecule has 7 heteroatoms. The van der Waals surface area contributed by atoms with Crippen LogP contribution in [0.4, 0.5) is 11.4 Å². The van der Waals surface area contributed by atoms with E-state index in [-0.39, 0.29) is 12.7 Å². The molecule has 0 saturated carbocycles. The number of anilines is 2. The van der Waals surface area contributed by atoms with Crippen LogP contribution in [0.3, 0.4) is 0 Å². The van der Waals surface area contributed by atoms with Gasteiger partial charge in [0.1, 0.15) is 0 Å². The van der Waals surface area contributed by atoms with Gasteiger partial charge in [-0.1, -0.05) is 6.07 Å². The van der Waals surface area contributed by atoms with Gasteiger partial charge in [-0.05, 0) is 55.2 Å². The van der Waals surface area contributed by atoms with Crippen molar-refractivity contribution in [1.29, 1.82) is 0 Å². The molecule has 2 aliphatic rings. The molecule has 0 aliphatic carbocycles. The lowest BCUT2D eigenvalue weighted by Gasteiger charge is -2.22. The Morgan fingerprint density at radius 2 is 1.82 bits per heavy atom. The number of benzene rings is 2. The van der Waals surface area contributed by atoms with Crippen LogP contribution in [0.1, 0.15) is 35.2 Å². The lowest BCUT2D eigenvalue weighted by molar-refractivity contribution is -0.116. The van der Waals surface area contributed by atoms with Crippen LogP contribution < -0.4 is 25.4 Å². The number of nitrogens with two attached hydrogens (primary N) is 1. The molecule has 2 aliphatic heterocycles. The van der Waals surface area contributed by atoms with Crippen molar-refractivity contribution < 1.29 is 19.1 Å². The van der Waals surface area contributed by atoms with Gasteiger partial charge in [-0.3, -0.25) is 9.59 Å². The highest BCUT2D eigenvalue weighted by Gasteiger charge is 2.19. The van der Waals surface area contributed by atoms with Gasteiger partial charge in [0, 0.05) is 25.1 Å². The molecule has 146 valence electrons. The van der Waals surface area contributed by atoms with Gasteiger partial charge in [-0.25, -0.2) is 0 Å². The highest BCUT2D eigenvalue weighted by Crippen LogP contribution is 2.33. The highest BCUT2D eigenvalue weighted by atomic mass is 16.7. The molecule has 1 fully saturated rings. The molecule has 4 rings (SSSR count). The summed E-state index contributed by atoms with van der Waals surface area (Å²) >= 11 is 0. The average Bonchev–Trinajstić information content (AvgIpc) is 3.37. The van der Waals surface area contributed by atoms with Crippen molar-refractivity contribution in [3.05, 3.63) is 47.5 Å². The largest absolute Gasteiger partial charge is 0.454 e. The summed E-state index contributed by atoms with van der Waals surface area (Å²) in [4.78, 5) is 26.3. The van der Waals surface area contributed by atoms with E-state index in [0.717, 1.165) is 42.9 Å². The van der Waals surface area contributed by atoms with E-state index < -0.39 is 5.91 Å². The van der Waals surface area contributed by atoms with E-state index in [2.05, 4.69) is 10.2 Å². The minimum atomic E-state index is -0.510. The number of hydrogen-bond donors (Lipinski definition) is 2. The van der Waals surface area contributed by atoms with Crippen molar-refractivity contribution in [1.82, 2.24) is 0 Å². The van der Waals surface area contributed by atoms with Gasteiger partial charge in [0.05, 0.1) is 11.4 Å². The van der Waals surface area contributed by atoms with Crippen LogP contribution in [-0.2, 0) is 11.2 Å². The van der Waals surface area contributed by atoms with Crippen LogP contribution in [-0.4, -0.2) is 31.7 Å². The average molecular weight is 381 g/mol. The first-order valence-corrected chi connectivity index (χ1v) is 9.47. The number of hydrogen-bond acceptors (Lipinski definition) is 5. The van der Waals surface area contributed by atoms with Crippen LogP contribution in [0.2, 0.25) is 0 Å². The third kappa shape index (κ3) is 3.88. The Morgan fingerprint density at radius 3 is 2.61 bits per heavy atom. The second kappa shape index (κ2) is 7.80. The number of nitrogens with zero attached hydrogens (tertiary/aromatic N) is 1. The molecule has 0 spiro atoms. The Hall–Kier alpha value is -3.22. The fourth-order valence-electron chi connectivity index (χ4n) is 3.59. The first-order chi connectivity index (χ1) is 13.6. The van der Waals surface area contributed by atoms with Gasteiger partial charge in [0.25, 0.3) is 0 Å². The molecule has 2 aromatic rings. The summed E-state index contributed by atoms with van der Waals surface area (Å²) in [6, 6.07) is 10.9. The Morgan fingerprint density at radius 1 is 1.04 bits per heavy atom. The summed E-state index contributed by atoms with van der Waals surface area (Å²) < 4.78 is 10.7. The maximum absolute atomic E-state index is 12.6. The number of rotatable bonds is 6.